The van der Waals surface area contributed by atoms with Gasteiger partial charge in [0.15, 0.2) is 16.3 Å². The minimum absolute atomic E-state index is 0.0892. The number of thiazole rings is 1. The number of aromatic nitrogens is 1. The van der Waals surface area contributed by atoms with Gasteiger partial charge in [-0.05, 0) is 49.8 Å². The van der Waals surface area contributed by atoms with Gasteiger partial charge in [-0.1, -0.05) is 17.4 Å². The lowest BCUT2D eigenvalue weighted by molar-refractivity contribution is -0.139. The first-order valence-electron chi connectivity index (χ1n) is 10.5. The van der Waals surface area contributed by atoms with E-state index in [1.165, 1.54) is 28.8 Å². The summed E-state index contributed by atoms with van der Waals surface area (Å²) in [6.07, 6.45) is 1.53. The van der Waals surface area contributed by atoms with Crippen LogP contribution in [0.5, 0.6) is 23.0 Å². The van der Waals surface area contributed by atoms with E-state index < -0.39 is 12.0 Å². The molecule has 1 unspecified atom stereocenters. The van der Waals surface area contributed by atoms with Gasteiger partial charge in [0.25, 0.3) is 5.56 Å². The number of fused-ring (bicyclic) bond motifs is 2. The maximum absolute atomic E-state index is 13.6. The minimum Gasteiger partial charge on any atom is -0.508 e. The lowest BCUT2D eigenvalue weighted by Crippen LogP contribution is -2.39. The van der Waals surface area contributed by atoms with Crippen LogP contribution in [0.3, 0.4) is 0 Å². The van der Waals surface area contributed by atoms with Crippen molar-refractivity contribution in [1.29, 1.82) is 0 Å². The Kier molecular flexibility index (Phi) is 5.37. The summed E-state index contributed by atoms with van der Waals surface area (Å²) in [5.41, 5.74) is 1.33. The molecule has 174 valence electrons. The first-order chi connectivity index (χ1) is 16.4. The molecule has 34 heavy (non-hydrogen) atoms. The fourth-order valence-corrected chi connectivity index (χ4v) is 5.02. The lowest BCUT2D eigenvalue weighted by Gasteiger charge is -2.24. The van der Waals surface area contributed by atoms with Crippen molar-refractivity contribution < 1.29 is 29.2 Å². The highest BCUT2D eigenvalue weighted by Crippen LogP contribution is 2.38. The fourth-order valence-electron chi connectivity index (χ4n) is 3.99. The van der Waals surface area contributed by atoms with E-state index in [1.54, 1.807) is 32.0 Å². The third-order valence-corrected chi connectivity index (χ3v) is 6.51. The van der Waals surface area contributed by atoms with Crippen molar-refractivity contribution >= 4 is 23.4 Å². The van der Waals surface area contributed by atoms with Crippen LogP contribution in [0.1, 0.15) is 31.0 Å². The molecule has 3 aromatic rings. The molecule has 5 rings (SSSR count). The van der Waals surface area contributed by atoms with E-state index in [9.17, 15) is 19.8 Å². The number of hydrogen-bond acceptors (Lipinski definition) is 9. The number of ether oxygens (including phenoxy) is 3. The first kappa shape index (κ1) is 21.8. The summed E-state index contributed by atoms with van der Waals surface area (Å²) >= 11 is 1.14. The molecule has 0 spiro atoms. The van der Waals surface area contributed by atoms with Gasteiger partial charge in [0.05, 0.1) is 28.5 Å². The molecule has 3 heterocycles. The van der Waals surface area contributed by atoms with Gasteiger partial charge in [0.2, 0.25) is 6.79 Å². The molecule has 0 amide bonds. The molecule has 10 heteroatoms. The molecule has 0 bridgehead atoms. The summed E-state index contributed by atoms with van der Waals surface area (Å²) in [5, 5.41) is 19.7. The second-order valence-electron chi connectivity index (χ2n) is 7.66. The third-order valence-electron chi connectivity index (χ3n) is 5.53. The molecule has 1 aromatic heterocycles. The van der Waals surface area contributed by atoms with Crippen molar-refractivity contribution in [2.45, 2.75) is 19.9 Å². The van der Waals surface area contributed by atoms with Crippen LogP contribution < -0.4 is 24.4 Å². The maximum Gasteiger partial charge on any atom is 0.338 e. The van der Waals surface area contributed by atoms with Crippen molar-refractivity contribution in [3.8, 4) is 23.0 Å². The number of benzene rings is 2. The van der Waals surface area contributed by atoms with Crippen LogP contribution >= 0.6 is 11.3 Å². The average Bonchev–Trinajstić information content (AvgIpc) is 3.38. The minimum atomic E-state index is -0.791. The topological polar surface area (TPSA) is 120 Å². The molecule has 0 aliphatic carbocycles. The molecule has 0 saturated heterocycles. The second kappa shape index (κ2) is 8.38. The van der Waals surface area contributed by atoms with Crippen LogP contribution in [-0.4, -0.2) is 34.1 Å². The van der Waals surface area contributed by atoms with Crippen molar-refractivity contribution in [2.75, 3.05) is 13.4 Å². The number of aromatic hydroxyl groups is 2. The Morgan fingerprint density at radius 1 is 1.24 bits per heavy atom. The highest BCUT2D eigenvalue weighted by molar-refractivity contribution is 7.07. The van der Waals surface area contributed by atoms with E-state index in [2.05, 4.69) is 4.99 Å². The summed E-state index contributed by atoms with van der Waals surface area (Å²) in [4.78, 5) is 31.4. The number of hydrogen-bond donors (Lipinski definition) is 2. The van der Waals surface area contributed by atoms with Crippen molar-refractivity contribution in [1.82, 2.24) is 4.57 Å². The largest absolute Gasteiger partial charge is 0.508 e. The highest BCUT2D eigenvalue weighted by Gasteiger charge is 2.34. The molecule has 1 atom stereocenters. The molecule has 0 saturated carbocycles. The highest BCUT2D eigenvalue weighted by atomic mass is 32.1. The van der Waals surface area contributed by atoms with Gasteiger partial charge in [-0.3, -0.25) is 9.36 Å². The summed E-state index contributed by atoms with van der Waals surface area (Å²) in [5.74, 6) is 0.288. The predicted molar refractivity (Wildman–Crippen MR) is 123 cm³/mol. The SMILES string of the molecule is CCOC(=O)C1=C(C)N=c2s/c(=C\c3ccc(O)cc3O)c(=O)n2C1c1ccc2c(c1)OCO2. The summed E-state index contributed by atoms with van der Waals surface area (Å²) < 4.78 is 18.0. The van der Waals surface area contributed by atoms with Gasteiger partial charge < -0.3 is 24.4 Å². The van der Waals surface area contributed by atoms with E-state index >= 15 is 0 Å². The zero-order valence-electron chi connectivity index (χ0n) is 18.3. The zero-order chi connectivity index (χ0) is 24.0. The van der Waals surface area contributed by atoms with Crippen LogP contribution in [0.25, 0.3) is 6.08 Å². The number of phenols is 2. The Bertz CT molecular complexity index is 1530. The molecule has 2 aliphatic rings. The molecule has 2 N–H and O–H groups in total. The van der Waals surface area contributed by atoms with E-state index in [4.69, 9.17) is 14.2 Å². The maximum atomic E-state index is 13.6. The first-order valence-corrected chi connectivity index (χ1v) is 11.3. The second-order valence-corrected chi connectivity index (χ2v) is 8.67. The smallest absolute Gasteiger partial charge is 0.338 e. The predicted octanol–water partition coefficient (Wildman–Crippen LogP) is 1.94. The molecule has 0 radical (unpaired) electrons. The monoisotopic (exact) mass is 480 g/mol. The summed E-state index contributed by atoms with van der Waals surface area (Å²) in [6.45, 7) is 3.68. The van der Waals surface area contributed by atoms with Crippen LogP contribution in [-0.2, 0) is 9.53 Å². The number of carbonyl (C=O) groups excluding carboxylic acids is 1. The van der Waals surface area contributed by atoms with Crippen LogP contribution in [0.4, 0.5) is 0 Å². The Hall–Kier alpha value is -4.05. The van der Waals surface area contributed by atoms with Gasteiger partial charge >= 0.3 is 5.97 Å². The zero-order valence-corrected chi connectivity index (χ0v) is 19.1. The van der Waals surface area contributed by atoms with Gasteiger partial charge in [0, 0.05) is 11.6 Å². The summed E-state index contributed by atoms with van der Waals surface area (Å²) in [6, 6.07) is 8.59. The van der Waals surface area contributed by atoms with Gasteiger partial charge in [-0.25, -0.2) is 9.79 Å². The van der Waals surface area contributed by atoms with E-state index in [0.29, 0.717) is 37.7 Å². The molecule has 2 aromatic carbocycles. The number of carbonyl (C=O) groups is 1. The lowest BCUT2D eigenvalue weighted by atomic mass is 9.95. The van der Waals surface area contributed by atoms with Crippen LogP contribution in [0, 0.1) is 0 Å². The Morgan fingerprint density at radius 2 is 2.03 bits per heavy atom. The van der Waals surface area contributed by atoms with E-state index in [1.807, 2.05) is 0 Å². The van der Waals surface area contributed by atoms with Gasteiger partial charge in [0.1, 0.15) is 11.5 Å². The Morgan fingerprint density at radius 3 is 2.79 bits per heavy atom. The number of nitrogens with zero attached hydrogens (tertiary/aromatic N) is 2. The number of allylic oxidation sites excluding steroid dienone is 1. The molecule has 9 nitrogen and oxygen atoms in total. The van der Waals surface area contributed by atoms with Crippen molar-refractivity contribution in [3.05, 3.63) is 78.5 Å². The number of rotatable bonds is 4. The standard InChI is InChI=1S/C24H20N2O7S/c1-3-31-23(30)20-12(2)25-24-26(21(20)14-5-7-17-18(8-14)33-11-32-17)22(29)19(34-24)9-13-4-6-15(27)10-16(13)28/h4-10,21,27-28H,3,11H2,1-2H3/b19-9-. The van der Waals surface area contributed by atoms with Crippen molar-refractivity contribution in [2.24, 2.45) is 4.99 Å². The normalized spacial score (nSPS) is 16.9. The molecular formula is C24H20N2O7S. The fraction of sp³-hybridized carbons (Fsp3) is 0.208. The molecule has 0 fully saturated rings. The number of phenolic OH excluding ortho intramolecular Hbond substituents is 2. The molecule has 2 aliphatic heterocycles. The number of esters is 1. The van der Waals surface area contributed by atoms with Crippen molar-refractivity contribution in [3.63, 3.8) is 0 Å². The average molecular weight is 480 g/mol. The Balaban J connectivity index is 1.73. The third kappa shape index (κ3) is 3.61. The quantitative estimate of drug-likeness (QED) is 0.548. The van der Waals surface area contributed by atoms with E-state index in [0.717, 1.165) is 11.3 Å². The summed E-state index contributed by atoms with van der Waals surface area (Å²) in [7, 11) is 0. The van der Waals surface area contributed by atoms with E-state index in [-0.39, 0.29) is 36.0 Å². The molecular weight excluding hydrogens is 460 g/mol. The van der Waals surface area contributed by atoms with Gasteiger partial charge in [-0.15, -0.1) is 0 Å². The van der Waals surface area contributed by atoms with Crippen LogP contribution in [0.2, 0.25) is 0 Å². The van der Waals surface area contributed by atoms with Crippen LogP contribution in [0.15, 0.2) is 57.5 Å². The Labute approximate surface area is 197 Å². The van der Waals surface area contributed by atoms with Gasteiger partial charge in [-0.2, -0.15) is 0 Å².